The summed E-state index contributed by atoms with van der Waals surface area (Å²) in [6, 6.07) is 29.8. The van der Waals surface area contributed by atoms with E-state index in [-0.39, 0.29) is 24.2 Å². The van der Waals surface area contributed by atoms with Gasteiger partial charge in [-0.3, -0.25) is 4.79 Å². The summed E-state index contributed by atoms with van der Waals surface area (Å²) < 4.78 is 50.2. The molecule has 105 heavy (non-hydrogen) atoms. The topological polar surface area (TPSA) is 243 Å². The number of nitrogens with zero attached hydrogens (tertiary/aromatic N) is 4. The van der Waals surface area contributed by atoms with Crippen molar-refractivity contribution in [1.82, 2.24) is 19.9 Å². The van der Waals surface area contributed by atoms with Crippen molar-refractivity contribution in [3.8, 4) is 73.8 Å². The van der Waals surface area contributed by atoms with E-state index in [1.54, 1.807) is 31.3 Å². The molecular formula is C81H93ClN4O15S4. The van der Waals surface area contributed by atoms with Crippen LogP contribution >= 0.6 is 56.9 Å². The fourth-order valence-electron chi connectivity index (χ4n) is 12.3. The maximum absolute atomic E-state index is 12.7. The van der Waals surface area contributed by atoms with Crippen LogP contribution in [-0.4, -0.2) is 117 Å². The molecule has 9 aromatic rings. The number of ether oxygens (including phenoxy) is 9. The van der Waals surface area contributed by atoms with Crippen LogP contribution < -0.4 is 23.7 Å². The molecule has 5 aliphatic rings. The van der Waals surface area contributed by atoms with Crippen molar-refractivity contribution in [3.05, 3.63) is 164 Å². The number of halogens is 1. The number of hydrogen-bond donors (Lipinski definition) is 2. The van der Waals surface area contributed by atoms with Crippen molar-refractivity contribution in [3.63, 3.8) is 0 Å². The number of hydrogen-bond acceptors (Lipinski definition) is 22. The van der Waals surface area contributed by atoms with Gasteiger partial charge in [0.25, 0.3) is 0 Å². The third kappa shape index (κ3) is 21.4. The molecule has 0 radical (unpaired) electrons. The molecule has 0 aliphatic carbocycles. The first-order valence-corrected chi connectivity index (χ1v) is 39.5. The van der Waals surface area contributed by atoms with Crippen LogP contribution in [0.4, 0.5) is 0 Å². The lowest BCUT2D eigenvalue weighted by Crippen LogP contribution is -2.28. The van der Waals surface area contributed by atoms with Crippen LogP contribution in [-0.2, 0) is 65.4 Å². The fourth-order valence-corrected chi connectivity index (χ4v) is 16.0. The molecular weight excluding hydrogens is 1430 g/mol. The standard InChI is InChI=1S/C21H27NO4S.C19H23NO4S.C17H19NO4S.C13H13NOS.C11H11ClO2/c1-6-24-20(23)18(26-21(3,4)5)19-17(22-13(2)27-19)15-9-10-16-14(12-15)8-7-11-25-16;1-11-20-15(13-7-8-14-12(10-13)6-5-9-23-14)17(25-11)16(18(21)22)24-19(2,3)4;1-3-21-17(20)15(19)16-14(18-10(2)23-16)12-6-7-13-11(9-12)5-4-8-22-13;1-9-14-12(8-16-9)10-4-5-13-11(7-10)3-2-6-15-13;12-7-10(13)8-3-4-11-9(6-8)2-1-5-14-11/h9-10,12,18H,6-8,11H2,1-5H3;7-8,10,16H,5-6,9H2,1-4H3,(H,21,22);6-7,9,15,19H,3-5,8H2,1-2H3;4-5,7-8H,2-3,6H2,1H3;3-4,6H,1-2,5,7H2. The Morgan fingerprint density at radius 2 is 0.829 bits per heavy atom. The number of aliphatic hydroxyl groups excluding tert-OH is 1. The smallest absolute Gasteiger partial charge is 0.340 e. The molecule has 5 aromatic carbocycles. The highest BCUT2D eigenvalue weighted by Gasteiger charge is 2.35. The Bertz CT molecular complexity index is 4510. The number of carboxylic acids is 1. The monoisotopic (exact) mass is 1520 g/mol. The van der Waals surface area contributed by atoms with Crippen molar-refractivity contribution in [2.24, 2.45) is 0 Å². The van der Waals surface area contributed by atoms with Gasteiger partial charge in [-0.1, -0.05) is 0 Å². The number of esters is 2. The number of benzene rings is 5. The van der Waals surface area contributed by atoms with Gasteiger partial charge in [0.1, 0.15) is 28.7 Å². The van der Waals surface area contributed by atoms with Crippen molar-refractivity contribution < 1.29 is 72.0 Å². The Morgan fingerprint density at radius 3 is 1.21 bits per heavy atom. The number of aliphatic hydroxyl groups is 1. The molecule has 0 amide bonds. The van der Waals surface area contributed by atoms with E-state index in [2.05, 4.69) is 50.7 Å². The van der Waals surface area contributed by atoms with Crippen LogP contribution in [0.1, 0.15) is 179 Å². The van der Waals surface area contributed by atoms with E-state index in [4.69, 9.17) is 59.2 Å². The first-order chi connectivity index (χ1) is 50.3. The number of ketones is 1. The molecule has 24 heteroatoms. The van der Waals surface area contributed by atoms with Crippen molar-refractivity contribution in [2.75, 3.05) is 52.1 Å². The Kier molecular flexibility index (Phi) is 27.6. The number of alkyl halides is 1. The normalized spacial score (nSPS) is 14.8. The summed E-state index contributed by atoms with van der Waals surface area (Å²) in [5.74, 6) is 2.69. The number of Topliss-reactive ketones (excluding diaryl/α,β-unsaturated/α-hetero) is 1. The van der Waals surface area contributed by atoms with Gasteiger partial charge in [-0.2, -0.15) is 0 Å². The Morgan fingerprint density at radius 1 is 0.476 bits per heavy atom. The summed E-state index contributed by atoms with van der Waals surface area (Å²) in [7, 11) is 0. The predicted molar refractivity (Wildman–Crippen MR) is 413 cm³/mol. The van der Waals surface area contributed by atoms with Crippen molar-refractivity contribution >= 4 is 80.6 Å². The number of carbonyl (C=O) groups is 4. The quantitative estimate of drug-likeness (QED) is 0.0519. The third-order valence-electron chi connectivity index (χ3n) is 16.9. The van der Waals surface area contributed by atoms with Gasteiger partial charge in [0.15, 0.2) is 24.1 Å². The van der Waals surface area contributed by atoms with Gasteiger partial charge in [-0.15, -0.1) is 56.9 Å². The van der Waals surface area contributed by atoms with Gasteiger partial charge in [0.2, 0.25) is 0 Å². The molecule has 0 bridgehead atoms. The molecule has 4 aromatic heterocycles. The van der Waals surface area contributed by atoms with E-state index >= 15 is 0 Å². The summed E-state index contributed by atoms with van der Waals surface area (Å²) in [4.78, 5) is 67.9. The molecule has 5 aliphatic heterocycles. The number of fused-ring (bicyclic) bond motifs is 5. The van der Waals surface area contributed by atoms with E-state index in [0.29, 0.717) is 33.3 Å². The summed E-state index contributed by atoms with van der Waals surface area (Å²) in [5.41, 5.74) is 12.7. The maximum atomic E-state index is 12.7. The minimum Gasteiger partial charge on any atom is -0.493 e. The molecule has 0 fully saturated rings. The molecule has 0 spiro atoms. The van der Waals surface area contributed by atoms with Crippen LogP contribution in [0.3, 0.4) is 0 Å². The van der Waals surface area contributed by atoms with Crippen molar-refractivity contribution in [2.45, 2.75) is 177 Å². The van der Waals surface area contributed by atoms with Gasteiger partial charge in [0, 0.05) is 33.2 Å². The summed E-state index contributed by atoms with van der Waals surface area (Å²) in [6.45, 7) is 27.0. The first-order valence-electron chi connectivity index (χ1n) is 35.6. The van der Waals surface area contributed by atoms with Gasteiger partial charge in [-0.05, 0) is 266 Å². The molecule has 0 saturated carbocycles. The van der Waals surface area contributed by atoms with Crippen LogP contribution in [0.15, 0.2) is 96.4 Å². The molecule has 9 heterocycles. The number of thiazole rings is 4. The van der Waals surface area contributed by atoms with E-state index in [1.165, 1.54) is 50.7 Å². The zero-order valence-electron chi connectivity index (χ0n) is 61.7. The maximum Gasteiger partial charge on any atom is 0.340 e. The highest BCUT2D eigenvalue weighted by molar-refractivity contribution is 7.13. The number of carbonyl (C=O) groups excluding carboxylic acids is 3. The highest BCUT2D eigenvalue weighted by Crippen LogP contribution is 2.43. The number of aryl methyl sites for hydroxylation is 9. The van der Waals surface area contributed by atoms with Crippen LogP contribution in [0.25, 0.3) is 45.0 Å². The second-order valence-corrected chi connectivity index (χ2v) is 32.5. The number of aliphatic carboxylic acids is 1. The average Bonchev–Trinajstić information content (AvgIpc) is 1.72. The van der Waals surface area contributed by atoms with Gasteiger partial charge >= 0.3 is 17.9 Å². The van der Waals surface area contributed by atoms with Gasteiger partial charge in [-0.25, -0.2) is 34.3 Å². The van der Waals surface area contributed by atoms with E-state index in [9.17, 15) is 29.4 Å². The second-order valence-electron chi connectivity index (χ2n) is 27.5. The molecule has 0 saturated heterocycles. The predicted octanol–water partition coefficient (Wildman–Crippen LogP) is 18.2. The second kappa shape index (κ2) is 36.4. The number of rotatable bonds is 16. The number of aromatic nitrogens is 4. The lowest BCUT2D eigenvalue weighted by atomic mass is 10.0. The lowest BCUT2D eigenvalue weighted by molar-refractivity contribution is -0.166. The van der Waals surface area contributed by atoms with E-state index < -0.39 is 41.5 Å². The molecule has 3 atom stereocenters. The van der Waals surface area contributed by atoms with Crippen LogP contribution in [0, 0.1) is 27.7 Å². The SMILES string of the molecule is CCOC(=O)C(O)c1sc(C)nc1-c1ccc2c(c1)CCCO2.CCOC(=O)C(OC(C)(C)C)c1sc(C)nc1-c1ccc2c(c1)CCCO2.Cc1nc(-c2ccc3c(c2)CCCO3)c(C(OC(C)(C)C)C(=O)O)s1.Cc1nc(-c2ccc3c(c2)CCCO3)cs1.O=C(CCl)c1ccc2c(c1)CCCO2. The van der Waals surface area contributed by atoms with Crippen molar-refractivity contribution in [1.29, 1.82) is 0 Å². The van der Waals surface area contributed by atoms with E-state index in [0.717, 1.165) is 196 Å². The zero-order chi connectivity index (χ0) is 75.1. The largest absolute Gasteiger partial charge is 0.493 e. The minimum atomic E-state index is -1.30. The fraction of sp³-hybridized carbons (Fsp3) is 0.432. The summed E-state index contributed by atoms with van der Waals surface area (Å²) in [6.07, 6.45) is 7.01. The molecule has 19 nitrogen and oxygen atoms in total. The Labute approximate surface area is 635 Å². The Balaban J connectivity index is 0.000000143. The Hall–Kier alpha value is -8.13. The summed E-state index contributed by atoms with van der Waals surface area (Å²) in [5, 5.41) is 25.7. The number of carboxylic acid groups (broad SMARTS) is 1. The van der Waals surface area contributed by atoms with Crippen LogP contribution in [0.2, 0.25) is 0 Å². The minimum absolute atomic E-state index is 0.0277. The first kappa shape index (κ1) is 79.4. The zero-order valence-corrected chi connectivity index (χ0v) is 65.7. The molecule has 3 unspecified atom stereocenters. The third-order valence-corrected chi connectivity index (χ3v) is 21.0. The summed E-state index contributed by atoms with van der Waals surface area (Å²) >= 11 is 11.4. The molecule has 2 N–H and O–H groups in total. The van der Waals surface area contributed by atoms with Gasteiger partial charge in [0.05, 0.1) is 121 Å². The molecule has 558 valence electrons. The lowest BCUT2D eigenvalue weighted by Gasteiger charge is -2.26. The highest BCUT2D eigenvalue weighted by atomic mass is 35.5. The van der Waals surface area contributed by atoms with Crippen LogP contribution in [0.5, 0.6) is 28.7 Å². The van der Waals surface area contributed by atoms with E-state index in [1.807, 2.05) is 124 Å². The van der Waals surface area contributed by atoms with Gasteiger partial charge < -0.3 is 52.8 Å². The molecule has 14 rings (SSSR count). The average molecular weight is 1530 g/mol.